The van der Waals surface area contributed by atoms with Gasteiger partial charge in [-0.15, -0.1) is 11.3 Å². The first-order valence-electron chi connectivity index (χ1n) is 10.3. The van der Waals surface area contributed by atoms with Crippen molar-refractivity contribution in [1.29, 1.82) is 0 Å². The van der Waals surface area contributed by atoms with Crippen molar-refractivity contribution in [2.75, 3.05) is 5.32 Å². The predicted octanol–water partition coefficient (Wildman–Crippen LogP) is 7.01. The second-order valence-corrected chi connectivity index (χ2v) is 8.87. The molecule has 1 saturated carbocycles. The summed E-state index contributed by atoms with van der Waals surface area (Å²) in [6.45, 7) is 4.47. The molecule has 4 heteroatoms. The largest absolute Gasteiger partial charge is 0.367 e. The SMILES string of the molecule is CC(C)c1ccc(-c2csc3ncnc(NC4CCCCCCC4)c23)cc1. The van der Waals surface area contributed by atoms with Crippen molar-refractivity contribution in [3.05, 3.63) is 41.5 Å². The lowest BCUT2D eigenvalue weighted by Gasteiger charge is -2.22. The number of benzene rings is 1. The third-order valence-corrected chi connectivity index (χ3v) is 6.59. The van der Waals surface area contributed by atoms with Crippen molar-refractivity contribution in [2.24, 2.45) is 0 Å². The van der Waals surface area contributed by atoms with Gasteiger partial charge in [0.05, 0.1) is 5.39 Å². The number of nitrogens with zero attached hydrogens (tertiary/aromatic N) is 2. The van der Waals surface area contributed by atoms with Crippen LogP contribution in [0, 0.1) is 0 Å². The Balaban J connectivity index is 1.66. The molecule has 0 amide bonds. The summed E-state index contributed by atoms with van der Waals surface area (Å²) >= 11 is 1.71. The zero-order chi connectivity index (χ0) is 18.6. The number of aromatic nitrogens is 2. The van der Waals surface area contributed by atoms with Gasteiger partial charge in [-0.2, -0.15) is 0 Å². The molecule has 27 heavy (non-hydrogen) atoms. The summed E-state index contributed by atoms with van der Waals surface area (Å²) in [4.78, 5) is 10.2. The molecule has 2 aromatic heterocycles. The van der Waals surface area contributed by atoms with E-state index in [1.165, 1.54) is 67.0 Å². The van der Waals surface area contributed by atoms with Crippen LogP contribution in [0.25, 0.3) is 21.3 Å². The fraction of sp³-hybridized carbons (Fsp3) is 0.478. The molecule has 0 atom stereocenters. The van der Waals surface area contributed by atoms with E-state index in [2.05, 4.69) is 58.8 Å². The molecule has 0 bridgehead atoms. The van der Waals surface area contributed by atoms with Crippen LogP contribution >= 0.6 is 11.3 Å². The Morgan fingerprint density at radius 3 is 2.37 bits per heavy atom. The Morgan fingerprint density at radius 2 is 1.67 bits per heavy atom. The van der Waals surface area contributed by atoms with Crippen LogP contribution in [0.15, 0.2) is 36.0 Å². The summed E-state index contributed by atoms with van der Waals surface area (Å²) in [5, 5.41) is 7.18. The maximum atomic E-state index is 4.64. The molecular weight excluding hydrogens is 350 g/mol. The monoisotopic (exact) mass is 379 g/mol. The standard InChI is InChI=1S/C23H29N3S/c1-16(2)17-10-12-18(13-11-17)20-14-27-23-21(20)22(24-15-25-23)26-19-8-6-4-3-5-7-9-19/h10-16,19H,3-9H2,1-2H3,(H,24,25,26). The van der Waals surface area contributed by atoms with Gasteiger partial charge in [-0.1, -0.05) is 70.2 Å². The summed E-state index contributed by atoms with van der Waals surface area (Å²) in [6, 6.07) is 9.50. The fourth-order valence-electron chi connectivity index (χ4n) is 4.04. The predicted molar refractivity (Wildman–Crippen MR) is 117 cm³/mol. The molecule has 1 aliphatic rings. The molecule has 142 valence electrons. The Morgan fingerprint density at radius 1 is 0.963 bits per heavy atom. The molecular formula is C23H29N3S. The first kappa shape index (κ1) is 18.4. The maximum Gasteiger partial charge on any atom is 0.139 e. The summed E-state index contributed by atoms with van der Waals surface area (Å²) in [6.07, 6.45) is 11.0. The first-order chi connectivity index (χ1) is 13.2. The molecule has 4 rings (SSSR count). The Kier molecular flexibility index (Phi) is 5.72. The number of nitrogens with one attached hydrogen (secondary N) is 1. The van der Waals surface area contributed by atoms with Gasteiger partial charge in [0.2, 0.25) is 0 Å². The normalized spacial score (nSPS) is 16.4. The number of hydrogen-bond acceptors (Lipinski definition) is 4. The third-order valence-electron chi connectivity index (χ3n) is 5.70. The average molecular weight is 380 g/mol. The number of fused-ring (bicyclic) bond motifs is 1. The van der Waals surface area contributed by atoms with E-state index < -0.39 is 0 Å². The average Bonchev–Trinajstić information content (AvgIpc) is 3.09. The molecule has 0 aliphatic heterocycles. The van der Waals surface area contributed by atoms with E-state index in [9.17, 15) is 0 Å². The van der Waals surface area contributed by atoms with E-state index in [0.29, 0.717) is 12.0 Å². The van der Waals surface area contributed by atoms with Gasteiger partial charge in [-0.25, -0.2) is 9.97 Å². The van der Waals surface area contributed by atoms with Crippen LogP contribution < -0.4 is 5.32 Å². The van der Waals surface area contributed by atoms with E-state index in [4.69, 9.17) is 0 Å². The first-order valence-corrected chi connectivity index (χ1v) is 11.2. The van der Waals surface area contributed by atoms with Crippen LogP contribution in [-0.4, -0.2) is 16.0 Å². The molecule has 1 fully saturated rings. The van der Waals surface area contributed by atoms with Crippen LogP contribution in [0.4, 0.5) is 5.82 Å². The van der Waals surface area contributed by atoms with Crippen LogP contribution in [0.3, 0.4) is 0 Å². The second kappa shape index (κ2) is 8.39. The molecule has 0 spiro atoms. The summed E-state index contributed by atoms with van der Waals surface area (Å²) in [5.41, 5.74) is 3.88. The zero-order valence-electron chi connectivity index (χ0n) is 16.4. The zero-order valence-corrected chi connectivity index (χ0v) is 17.2. The van der Waals surface area contributed by atoms with Gasteiger partial charge in [0.15, 0.2) is 0 Å². The Hall–Kier alpha value is -1.94. The van der Waals surface area contributed by atoms with Crippen LogP contribution in [-0.2, 0) is 0 Å². The lowest BCUT2D eigenvalue weighted by atomic mass is 9.96. The summed E-state index contributed by atoms with van der Waals surface area (Å²) in [5.74, 6) is 1.56. The Labute approximate surface area is 166 Å². The fourth-order valence-corrected chi connectivity index (χ4v) is 4.95. The highest BCUT2D eigenvalue weighted by Crippen LogP contribution is 2.37. The number of thiophene rings is 1. The quantitative estimate of drug-likeness (QED) is 0.530. The minimum atomic E-state index is 0.527. The lowest BCUT2D eigenvalue weighted by molar-refractivity contribution is 0.471. The van der Waals surface area contributed by atoms with Gasteiger partial charge in [0.25, 0.3) is 0 Å². The van der Waals surface area contributed by atoms with Gasteiger partial charge >= 0.3 is 0 Å². The van der Waals surface area contributed by atoms with Crippen molar-refractivity contribution in [1.82, 2.24) is 9.97 Å². The number of hydrogen-bond donors (Lipinski definition) is 1. The summed E-state index contributed by atoms with van der Waals surface area (Å²) in [7, 11) is 0. The van der Waals surface area contributed by atoms with Crippen molar-refractivity contribution in [3.63, 3.8) is 0 Å². The molecule has 0 saturated heterocycles. The van der Waals surface area contributed by atoms with Gasteiger partial charge in [-0.05, 0) is 29.9 Å². The highest BCUT2D eigenvalue weighted by atomic mass is 32.1. The molecule has 1 aliphatic carbocycles. The van der Waals surface area contributed by atoms with Crippen molar-refractivity contribution in [2.45, 2.75) is 70.8 Å². The molecule has 0 unspecified atom stereocenters. The third kappa shape index (κ3) is 4.16. The van der Waals surface area contributed by atoms with Gasteiger partial charge in [0.1, 0.15) is 17.0 Å². The van der Waals surface area contributed by atoms with E-state index in [1.807, 2.05) is 0 Å². The van der Waals surface area contributed by atoms with E-state index in [0.717, 1.165) is 10.6 Å². The lowest BCUT2D eigenvalue weighted by Crippen LogP contribution is -2.21. The van der Waals surface area contributed by atoms with E-state index >= 15 is 0 Å². The number of rotatable bonds is 4. The van der Waals surface area contributed by atoms with Crippen molar-refractivity contribution < 1.29 is 0 Å². The molecule has 1 aromatic carbocycles. The molecule has 0 radical (unpaired) electrons. The summed E-state index contributed by atoms with van der Waals surface area (Å²) < 4.78 is 0. The van der Waals surface area contributed by atoms with E-state index in [-0.39, 0.29) is 0 Å². The molecule has 1 N–H and O–H groups in total. The van der Waals surface area contributed by atoms with Gasteiger partial charge in [-0.3, -0.25) is 0 Å². The second-order valence-electron chi connectivity index (χ2n) is 8.01. The van der Waals surface area contributed by atoms with Crippen LogP contribution in [0.1, 0.15) is 70.3 Å². The van der Waals surface area contributed by atoms with Crippen LogP contribution in [0.2, 0.25) is 0 Å². The van der Waals surface area contributed by atoms with Crippen molar-refractivity contribution >= 4 is 27.4 Å². The van der Waals surface area contributed by atoms with Gasteiger partial charge < -0.3 is 5.32 Å². The smallest absolute Gasteiger partial charge is 0.139 e. The Bertz CT molecular complexity index is 874. The highest BCUT2D eigenvalue weighted by Gasteiger charge is 2.17. The van der Waals surface area contributed by atoms with Crippen molar-refractivity contribution in [3.8, 4) is 11.1 Å². The van der Waals surface area contributed by atoms with E-state index in [1.54, 1.807) is 17.7 Å². The maximum absolute atomic E-state index is 4.64. The molecule has 2 heterocycles. The molecule has 3 nitrogen and oxygen atoms in total. The number of anilines is 1. The van der Waals surface area contributed by atoms with Gasteiger partial charge in [0, 0.05) is 17.0 Å². The molecule has 3 aromatic rings. The minimum Gasteiger partial charge on any atom is -0.367 e. The van der Waals surface area contributed by atoms with Crippen LogP contribution in [0.5, 0.6) is 0 Å². The minimum absolute atomic E-state index is 0.527. The highest BCUT2D eigenvalue weighted by molar-refractivity contribution is 7.17. The topological polar surface area (TPSA) is 37.8 Å².